The topological polar surface area (TPSA) is 96.3 Å². The van der Waals surface area contributed by atoms with Gasteiger partial charge in [0.2, 0.25) is 11.8 Å². The lowest BCUT2D eigenvalue weighted by molar-refractivity contribution is -0.123. The molecular weight excluding hydrogens is 370 g/mol. The molecule has 156 valence electrons. The van der Waals surface area contributed by atoms with Gasteiger partial charge in [-0.05, 0) is 45.9 Å². The molecule has 8 nitrogen and oxygen atoms in total. The fraction of sp³-hybridized carbons (Fsp3) is 0.429. The number of benzene rings is 1. The fourth-order valence-electron chi connectivity index (χ4n) is 2.74. The second-order valence-electron chi connectivity index (χ2n) is 7.80. The first-order chi connectivity index (χ1) is 13.7. The molecule has 0 atom stereocenters. The third-order valence-electron chi connectivity index (χ3n) is 4.07. The molecule has 0 aliphatic heterocycles. The number of hydrogen-bond acceptors (Lipinski definition) is 4. The van der Waals surface area contributed by atoms with Crippen LogP contribution in [0.15, 0.2) is 43.0 Å². The molecule has 3 amide bonds. The highest BCUT2D eigenvalue weighted by molar-refractivity contribution is 5.98. The number of aryl methyl sites for hydroxylation is 1. The number of aromatic nitrogens is 2. The summed E-state index contributed by atoms with van der Waals surface area (Å²) in [5, 5.41) is 5.66. The summed E-state index contributed by atoms with van der Waals surface area (Å²) in [5.74, 6) is -0.622. The highest BCUT2D eigenvalue weighted by Gasteiger charge is 2.20. The summed E-state index contributed by atoms with van der Waals surface area (Å²) in [7, 11) is 0. The largest absolute Gasteiger partial charge is 0.350 e. The Bertz CT molecular complexity index is 840. The number of carbonyl (C=O) groups is 3. The maximum Gasteiger partial charge on any atom is 0.254 e. The monoisotopic (exact) mass is 399 g/mol. The molecule has 0 saturated carbocycles. The molecular formula is C21H29N5O3. The van der Waals surface area contributed by atoms with E-state index in [1.54, 1.807) is 43.0 Å². The molecule has 29 heavy (non-hydrogen) atoms. The molecule has 0 aliphatic rings. The Balaban J connectivity index is 1.97. The van der Waals surface area contributed by atoms with Gasteiger partial charge in [-0.15, -0.1) is 0 Å². The van der Waals surface area contributed by atoms with Crippen LogP contribution < -0.4 is 10.6 Å². The molecule has 0 saturated heterocycles. The lowest BCUT2D eigenvalue weighted by atomic mass is 10.1. The molecule has 0 spiro atoms. The fourth-order valence-corrected chi connectivity index (χ4v) is 2.74. The molecule has 0 radical (unpaired) electrons. The van der Waals surface area contributed by atoms with Crippen LogP contribution in [0.1, 0.15) is 44.5 Å². The predicted molar refractivity (Wildman–Crippen MR) is 111 cm³/mol. The number of nitrogens with zero attached hydrogens (tertiary/aromatic N) is 3. The summed E-state index contributed by atoms with van der Waals surface area (Å²) >= 11 is 0. The van der Waals surface area contributed by atoms with Crippen molar-refractivity contribution in [3.05, 3.63) is 48.5 Å². The van der Waals surface area contributed by atoms with Crippen LogP contribution in [0.2, 0.25) is 0 Å². The average molecular weight is 399 g/mol. The second-order valence-corrected chi connectivity index (χ2v) is 7.80. The van der Waals surface area contributed by atoms with Gasteiger partial charge in [0.25, 0.3) is 5.91 Å². The molecule has 2 aromatic rings. The maximum atomic E-state index is 12.8. The minimum Gasteiger partial charge on any atom is -0.350 e. The van der Waals surface area contributed by atoms with E-state index in [1.807, 2.05) is 32.3 Å². The first-order valence-electron chi connectivity index (χ1n) is 9.64. The average Bonchev–Trinajstić information content (AvgIpc) is 3.16. The third kappa shape index (κ3) is 7.40. The van der Waals surface area contributed by atoms with Gasteiger partial charge in [-0.3, -0.25) is 14.4 Å². The molecule has 2 rings (SSSR count). The molecule has 0 fully saturated rings. The minimum absolute atomic E-state index is 0.0197. The Hall–Kier alpha value is -3.16. The van der Waals surface area contributed by atoms with Crippen molar-refractivity contribution in [1.29, 1.82) is 0 Å². The van der Waals surface area contributed by atoms with E-state index in [2.05, 4.69) is 15.6 Å². The Kier molecular flexibility index (Phi) is 7.52. The summed E-state index contributed by atoms with van der Waals surface area (Å²) in [6.45, 7) is 8.40. The Morgan fingerprint density at radius 3 is 2.55 bits per heavy atom. The van der Waals surface area contributed by atoms with Crippen LogP contribution in [0.4, 0.5) is 5.69 Å². The van der Waals surface area contributed by atoms with Crippen LogP contribution in [-0.2, 0) is 16.1 Å². The zero-order chi connectivity index (χ0) is 21.4. The van der Waals surface area contributed by atoms with Crippen LogP contribution >= 0.6 is 0 Å². The molecule has 0 bridgehead atoms. The molecule has 1 aromatic heterocycles. The van der Waals surface area contributed by atoms with Crippen molar-refractivity contribution in [1.82, 2.24) is 19.8 Å². The third-order valence-corrected chi connectivity index (χ3v) is 4.07. The minimum atomic E-state index is -0.361. The van der Waals surface area contributed by atoms with Crippen LogP contribution in [0.25, 0.3) is 0 Å². The Morgan fingerprint density at radius 2 is 1.93 bits per heavy atom. The second kappa shape index (κ2) is 9.86. The highest BCUT2D eigenvalue weighted by atomic mass is 16.2. The van der Waals surface area contributed by atoms with E-state index < -0.39 is 0 Å². The van der Waals surface area contributed by atoms with E-state index in [0.717, 1.165) is 0 Å². The quantitative estimate of drug-likeness (QED) is 0.712. The van der Waals surface area contributed by atoms with Crippen molar-refractivity contribution in [2.24, 2.45) is 0 Å². The zero-order valence-corrected chi connectivity index (χ0v) is 17.4. The van der Waals surface area contributed by atoms with Crippen molar-refractivity contribution < 1.29 is 14.4 Å². The first kappa shape index (κ1) is 22.1. The van der Waals surface area contributed by atoms with Crippen molar-refractivity contribution in [2.45, 2.75) is 46.2 Å². The lowest BCUT2D eigenvalue weighted by Gasteiger charge is -2.25. The number of likely N-dealkylation sites (N-methyl/N-ethyl adjacent to an activating group) is 1. The zero-order valence-electron chi connectivity index (χ0n) is 17.4. The van der Waals surface area contributed by atoms with Gasteiger partial charge in [-0.2, -0.15) is 0 Å². The number of carbonyl (C=O) groups excluding carboxylic acids is 3. The summed E-state index contributed by atoms with van der Waals surface area (Å²) in [6.07, 6.45) is 5.40. The van der Waals surface area contributed by atoms with Crippen molar-refractivity contribution in [2.75, 3.05) is 18.4 Å². The van der Waals surface area contributed by atoms with Gasteiger partial charge >= 0.3 is 0 Å². The SMILES string of the molecule is CCN(CC(=O)NC(C)(C)C)C(=O)c1cccc(NC(=O)CCn2ccnc2)c1. The van der Waals surface area contributed by atoms with E-state index in [1.165, 1.54) is 4.90 Å². The van der Waals surface area contributed by atoms with E-state index >= 15 is 0 Å². The lowest BCUT2D eigenvalue weighted by Crippen LogP contribution is -2.47. The Labute approximate surface area is 171 Å². The summed E-state index contributed by atoms with van der Waals surface area (Å²) in [4.78, 5) is 42.6. The number of anilines is 1. The molecule has 2 N–H and O–H groups in total. The predicted octanol–water partition coefficient (Wildman–Crippen LogP) is 2.29. The standard InChI is InChI=1S/C21H29N5O3/c1-5-26(14-19(28)24-21(2,3)4)20(29)16-7-6-8-17(13-16)23-18(27)9-11-25-12-10-22-15-25/h6-8,10,12-13,15H,5,9,11,14H2,1-4H3,(H,23,27)(H,24,28). The molecule has 1 aromatic carbocycles. The number of nitrogens with one attached hydrogen (secondary N) is 2. The van der Waals surface area contributed by atoms with Crippen LogP contribution in [0.5, 0.6) is 0 Å². The number of imidazole rings is 1. The number of rotatable bonds is 8. The van der Waals surface area contributed by atoms with Gasteiger partial charge in [-0.1, -0.05) is 6.07 Å². The van der Waals surface area contributed by atoms with E-state index in [4.69, 9.17) is 0 Å². The smallest absolute Gasteiger partial charge is 0.254 e. The Morgan fingerprint density at radius 1 is 1.17 bits per heavy atom. The van der Waals surface area contributed by atoms with E-state index in [-0.39, 0.29) is 29.8 Å². The van der Waals surface area contributed by atoms with E-state index in [0.29, 0.717) is 30.8 Å². The van der Waals surface area contributed by atoms with Crippen LogP contribution in [0, 0.1) is 0 Å². The van der Waals surface area contributed by atoms with Gasteiger partial charge in [0.05, 0.1) is 12.9 Å². The number of hydrogen-bond donors (Lipinski definition) is 2. The highest BCUT2D eigenvalue weighted by Crippen LogP contribution is 2.14. The normalized spacial score (nSPS) is 11.0. The van der Waals surface area contributed by atoms with Gasteiger partial charge in [0.1, 0.15) is 0 Å². The van der Waals surface area contributed by atoms with Crippen molar-refractivity contribution in [3.8, 4) is 0 Å². The van der Waals surface area contributed by atoms with E-state index in [9.17, 15) is 14.4 Å². The first-order valence-corrected chi connectivity index (χ1v) is 9.64. The molecule has 0 aliphatic carbocycles. The summed E-state index contributed by atoms with van der Waals surface area (Å²) in [6, 6.07) is 6.74. The van der Waals surface area contributed by atoms with Gasteiger partial charge < -0.3 is 20.1 Å². The van der Waals surface area contributed by atoms with Crippen LogP contribution in [0.3, 0.4) is 0 Å². The maximum absolute atomic E-state index is 12.8. The summed E-state index contributed by atoms with van der Waals surface area (Å²) in [5.41, 5.74) is 0.602. The van der Waals surface area contributed by atoms with Crippen LogP contribution in [-0.4, -0.2) is 50.8 Å². The van der Waals surface area contributed by atoms with Crippen molar-refractivity contribution >= 4 is 23.4 Å². The molecule has 1 heterocycles. The van der Waals surface area contributed by atoms with Crippen molar-refractivity contribution in [3.63, 3.8) is 0 Å². The number of amides is 3. The summed E-state index contributed by atoms with van der Waals surface area (Å²) < 4.78 is 1.82. The van der Waals surface area contributed by atoms with Gasteiger partial charge in [-0.25, -0.2) is 4.98 Å². The molecule has 8 heteroatoms. The molecule has 0 unspecified atom stereocenters. The van der Waals surface area contributed by atoms with Gasteiger partial charge in [0.15, 0.2) is 0 Å². The van der Waals surface area contributed by atoms with Gasteiger partial charge in [0, 0.05) is 48.7 Å².